The van der Waals surface area contributed by atoms with Crippen LogP contribution in [-0.2, 0) is 0 Å². The molecular weight excluding hydrogens is 267 g/mol. The van der Waals surface area contributed by atoms with Crippen LogP contribution in [0.2, 0.25) is 0 Å². The average molecular weight is 281 g/mol. The second-order valence-corrected chi connectivity index (χ2v) is 4.83. The summed E-state index contributed by atoms with van der Waals surface area (Å²) in [7, 11) is 0. The van der Waals surface area contributed by atoms with E-state index in [1.165, 1.54) is 4.90 Å². The summed E-state index contributed by atoms with van der Waals surface area (Å²) in [5, 5.41) is 0. The number of terminal acetylenes is 1. The largest absolute Gasteiger partial charge is 0.391 e. The number of alkyl halides is 3. The molecule has 1 aliphatic heterocycles. The van der Waals surface area contributed by atoms with Crippen LogP contribution in [0.25, 0.3) is 0 Å². The fraction of sp³-hybridized carbons (Fsp3) is 0.400. The molecule has 1 aromatic carbocycles. The Morgan fingerprint density at radius 2 is 1.95 bits per heavy atom. The van der Waals surface area contributed by atoms with Crippen molar-refractivity contribution in [1.29, 1.82) is 0 Å². The number of amides is 1. The van der Waals surface area contributed by atoms with Crippen LogP contribution in [0.5, 0.6) is 0 Å². The maximum atomic E-state index is 12.6. The number of benzene rings is 1. The highest BCUT2D eigenvalue weighted by Gasteiger charge is 2.41. The number of hydrogen-bond acceptors (Lipinski definition) is 1. The molecule has 2 nitrogen and oxygen atoms in total. The maximum Gasteiger partial charge on any atom is 0.391 e. The van der Waals surface area contributed by atoms with Gasteiger partial charge in [0.1, 0.15) is 0 Å². The highest BCUT2D eigenvalue weighted by atomic mass is 19.4. The van der Waals surface area contributed by atoms with Gasteiger partial charge >= 0.3 is 6.18 Å². The molecule has 1 aliphatic rings. The van der Waals surface area contributed by atoms with E-state index in [9.17, 15) is 18.0 Å². The third-order valence-electron chi connectivity index (χ3n) is 3.52. The van der Waals surface area contributed by atoms with Crippen LogP contribution in [-0.4, -0.2) is 30.1 Å². The van der Waals surface area contributed by atoms with E-state index >= 15 is 0 Å². The zero-order valence-corrected chi connectivity index (χ0v) is 10.8. The maximum absolute atomic E-state index is 12.6. The summed E-state index contributed by atoms with van der Waals surface area (Å²) < 4.78 is 37.7. The molecule has 0 radical (unpaired) electrons. The summed E-state index contributed by atoms with van der Waals surface area (Å²) in [6.07, 6.45) is 1.02. The predicted molar refractivity (Wildman–Crippen MR) is 69.1 cm³/mol. The number of nitrogens with zero attached hydrogens (tertiary/aromatic N) is 1. The van der Waals surface area contributed by atoms with E-state index in [1.807, 2.05) is 0 Å². The highest BCUT2D eigenvalue weighted by Crippen LogP contribution is 2.34. The van der Waals surface area contributed by atoms with Gasteiger partial charge in [0.05, 0.1) is 5.92 Å². The molecule has 0 atom stereocenters. The predicted octanol–water partition coefficient (Wildman–Crippen LogP) is 3.08. The summed E-state index contributed by atoms with van der Waals surface area (Å²) in [5.41, 5.74) is 1.01. The van der Waals surface area contributed by atoms with Crippen molar-refractivity contribution in [3.63, 3.8) is 0 Å². The Bertz CT molecular complexity index is 537. The van der Waals surface area contributed by atoms with Gasteiger partial charge in [-0.15, -0.1) is 6.42 Å². The minimum absolute atomic E-state index is 0.0376. The van der Waals surface area contributed by atoms with Crippen molar-refractivity contribution in [3.05, 3.63) is 35.4 Å². The third-order valence-corrected chi connectivity index (χ3v) is 3.52. The third kappa shape index (κ3) is 3.13. The Kier molecular flexibility index (Phi) is 4.03. The molecule has 106 valence electrons. The zero-order chi connectivity index (χ0) is 14.8. The second-order valence-electron chi connectivity index (χ2n) is 4.83. The van der Waals surface area contributed by atoms with Gasteiger partial charge in [0.25, 0.3) is 5.91 Å². The van der Waals surface area contributed by atoms with Gasteiger partial charge in [-0.25, -0.2) is 0 Å². The van der Waals surface area contributed by atoms with Gasteiger partial charge in [0.15, 0.2) is 0 Å². The van der Waals surface area contributed by atoms with Crippen molar-refractivity contribution in [2.45, 2.75) is 19.0 Å². The van der Waals surface area contributed by atoms with Crippen molar-refractivity contribution >= 4 is 5.91 Å². The summed E-state index contributed by atoms with van der Waals surface area (Å²) in [4.78, 5) is 13.7. The first-order valence-corrected chi connectivity index (χ1v) is 6.34. The van der Waals surface area contributed by atoms with E-state index in [0.29, 0.717) is 11.1 Å². The van der Waals surface area contributed by atoms with Crippen LogP contribution in [0, 0.1) is 18.3 Å². The molecule has 0 aliphatic carbocycles. The van der Waals surface area contributed by atoms with Crippen molar-refractivity contribution in [2.75, 3.05) is 13.1 Å². The molecule has 1 amide bonds. The first-order chi connectivity index (χ1) is 9.41. The molecule has 0 aromatic heterocycles. The molecule has 2 rings (SSSR count). The van der Waals surface area contributed by atoms with Crippen LogP contribution in [0.15, 0.2) is 24.3 Å². The van der Waals surface area contributed by atoms with Gasteiger partial charge in [-0.1, -0.05) is 12.0 Å². The number of carbonyl (C=O) groups excluding carboxylic acids is 1. The quantitative estimate of drug-likeness (QED) is 0.724. The Morgan fingerprint density at radius 1 is 1.30 bits per heavy atom. The van der Waals surface area contributed by atoms with Gasteiger partial charge in [0, 0.05) is 24.2 Å². The number of halogens is 3. The van der Waals surface area contributed by atoms with Crippen molar-refractivity contribution in [3.8, 4) is 12.3 Å². The van der Waals surface area contributed by atoms with E-state index in [1.54, 1.807) is 24.3 Å². The Balaban J connectivity index is 2.03. The first kappa shape index (κ1) is 14.4. The van der Waals surface area contributed by atoms with Gasteiger partial charge < -0.3 is 4.90 Å². The number of hydrogen-bond donors (Lipinski definition) is 0. The monoisotopic (exact) mass is 281 g/mol. The van der Waals surface area contributed by atoms with Crippen LogP contribution < -0.4 is 0 Å². The normalized spacial score (nSPS) is 16.8. The molecule has 1 fully saturated rings. The minimum atomic E-state index is -4.17. The van der Waals surface area contributed by atoms with E-state index in [2.05, 4.69) is 5.92 Å². The molecule has 0 saturated carbocycles. The molecule has 0 spiro atoms. The van der Waals surface area contributed by atoms with E-state index in [0.717, 1.165) is 0 Å². The summed E-state index contributed by atoms with van der Waals surface area (Å²) in [6.45, 7) is 0.257. The van der Waals surface area contributed by atoms with Crippen molar-refractivity contribution in [2.24, 2.45) is 5.92 Å². The lowest BCUT2D eigenvalue weighted by atomic mass is 9.95. The zero-order valence-electron chi connectivity index (χ0n) is 10.8. The van der Waals surface area contributed by atoms with E-state index in [4.69, 9.17) is 6.42 Å². The van der Waals surface area contributed by atoms with Crippen LogP contribution in [0.3, 0.4) is 0 Å². The number of likely N-dealkylation sites (tertiary alicyclic amines) is 1. The van der Waals surface area contributed by atoms with Crippen LogP contribution >= 0.6 is 0 Å². The molecule has 1 aromatic rings. The average Bonchev–Trinajstić information content (AvgIpc) is 2.46. The van der Waals surface area contributed by atoms with E-state index in [-0.39, 0.29) is 31.8 Å². The van der Waals surface area contributed by atoms with Crippen molar-refractivity contribution < 1.29 is 18.0 Å². The van der Waals surface area contributed by atoms with Crippen LogP contribution in [0.4, 0.5) is 13.2 Å². The first-order valence-electron chi connectivity index (χ1n) is 6.34. The lowest BCUT2D eigenvalue weighted by molar-refractivity contribution is -0.183. The lowest BCUT2D eigenvalue weighted by Gasteiger charge is -2.33. The topological polar surface area (TPSA) is 20.3 Å². The van der Waals surface area contributed by atoms with Gasteiger partial charge in [0.2, 0.25) is 0 Å². The molecule has 5 heteroatoms. The fourth-order valence-corrected chi connectivity index (χ4v) is 2.33. The number of rotatable bonds is 1. The summed E-state index contributed by atoms with van der Waals surface area (Å²) in [6, 6.07) is 6.58. The molecule has 1 saturated heterocycles. The molecule has 0 bridgehead atoms. The SMILES string of the molecule is C#Cc1cccc(C(=O)N2CCC(C(F)(F)F)CC2)c1. The second kappa shape index (κ2) is 5.58. The van der Waals surface area contributed by atoms with Gasteiger partial charge in [-0.05, 0) is 31.0 Å². The summed E-state index contributed by atoms with van der Waals surface area (Å²) in [5.74, 6) is 0.869. The molecular formula is C15H14F3NO. The lowest BCUT2D eigenvalue weighted by Crippen LogP contribution is -2.42. The Labute approximate surface area is 115 Å². The highest BCUT2D eigenvalue weighted by molar-refractivity contribution is 5.94. The number of piperidine rings is 1. The molecule has 20 heavy (non-hydrogen) atoms. The molecule has 1 heterocycles. The van der Waals surface area contributed by atoms with Gasteiger partial charge in [-0.3, -0.25) is 4.79 Å². The van der Waals surface area contributed by atoms with Crippen molar-refractivity contribution in [1.82, 2.24) is 4.90 Å². The smallest absolute Gasteiger partial charge is 0.339 e. The standard InChI is InChI=1S/C15H14F3NO/c1-2-11-4-3-5-12(10-11)14(20)19-8-6-13(7-9-19)15(16,17)18/h1,3-5,10,13H,6-9H2. The Hall–Kier alpha value is -1.96. The number of carbonyl (C=O) groups is 1. The Morgan fingerprint density at radius 3 is 2.50 bits per heavy atom. The van der Waals surface area contributed by atoms with Crippen LogP contribution in [0.1, 0.15) is 28.8 Å². The van der Waals surface area contributed by atoms with E-state index < -0.39 is 12.1 Å². The summed E-state index contributed by atoms with van der Waals surface area (Å²) >= 11 is 0. The fourth-order valence-electron chi connectivity index (χ4n) is 2.33. The van der Waals surface area contributed by atoms with Gasteiger partial charge in [-0.2, -0.15) is 13.2 Å². The molecule has 0 unspecified atom stereocenters. The molecule has 0 N–H and O–H groups in total. The minimum Gasteiger partial charge on any atom is -0.339 e.